The molecule has 0 saturated carbocycles. The largest absolute Gasteiger partial charge is 0.507 e. The first-order valence-electron chi connectivity index (χ1n) is 9.82. The number of phenols is 1. The fraction of sp³-hybridized carbons (Fsp3) is 0.120. The first kappa shape index (κ1) is 21.5. The summed E-state index contributed by atoms with van der Waals surface area (Å²) in [6, 6.07) is 18.1. The third-order valence-corrected chi connectivity index (χ3v) is 5.16. The summed E-state index contributed by atoms with van der Waals surface area (Å²) in [5.41, 5.74) is 3.67. The van der Waals surface area contributed by atoms with Gasteiger partial charge in [-0.15, -0.1) is 0 Å². The van der Waals surface area contributed by atoms with Gasteiger partial charge in [0, 0.05) is 28.4 Å². The van der Waals surface area contributed by atoms with Crippen molar-refractivity contribution in [1.82, 2.24) is 9.97 Å². The van der Waals surface area contributed by atoms with Crippen LogP contribution in [-0.2, 0) is 6.61 Å². The molecule has 4 aromatic rings. The number of nitrogens with zero attached hydrogens (tertiary/aromatic N) is 2. The van der Waals surface area contributed by atoms with Crippen LogP contribution in [0.2, 0.25) is 5.02 Å². The number of hydrogen-bond donors (Lipinski definition) is 1. The van der Waals surface area contributed by atoms with E-state index in [4.69, 9.17) is 25.8 Å². The van der Waals surface area contributed by atoms with Crippen LogP contribution >= 0.6 is 11.6 Å². The summed E-state index contributed by atoms with van der Waals surface area (Å²) in [6.07, 6.45) is 3.15. The number of ether oxygens (including phenoxy) is 3. The molecule has 1 N–H and O–H groups in total. The molecule has 4 rings (SSSR count). The average molecular weight is 449 g/mol. The highest BCUT2D eigenvalue weighted by atomic mass is 35.5. The molecule has 7 heteroatoms. The first-order valence-corrected chi connectivity index (χ1v) is 10.2. The van der Waals surface area contributed by atoms with E-state index in [0.29, 0.717) is 40.1 Å². The summed E-state index contributed by atoms with van der Waals surface area (Å²) in [7, 11) is 3.17. The van der Waals surface area contributed by atoms with E-state index in [-0.39, 0.29) is 5.75 Å². The number of aromatic nitrogens is 2. The minimum atomic E-state index is 0.0500. The Balaban J connectivity index is 1.63. The predicted molar refractivity (Wildman–Crippen MR) is 123 cm³/mol. The maximum absolute atomic E-state index is 10.7. The summed E-state index contributed by atoms with van der Waals surface area (Å²) in [5, 5.41) is 11.4. The smallest absolute Gasteiger partial charge is 0.161 e. The molecular formula is C25H21ClN2O4. The molecular weight excluding hydrogens is 428 g/mol. The van der Waals surface area contributed by atoms with E-state index in [9.17, 15) is 5.11 Å². The molecule has 1 aromatic heterocycles. The zero-order chi connectivity index (χ0) is 22.5. The number of benzene rings is 3. The van der Waals surface area contributed by atoms with Crippen molar-refractivity contribution in [2.45, 2.75) is 6.61 Å². The lowest BCUT2D eigenvalue weighted by Gasteiger charge is -2.13. The van der Waals surface area contributed by atoms with E-state index in [1.54, 1.807) is 38.6 Å². The van der Waals surface area contributed by atoms with E-state index in [2.05, 4.69) is 9.97 Å². The van der Waals surface area contributed by atoms with Gasteiger partial charge in [-0.3, -0.25) is 0 Å². The fourth-order valence-corrected chi connectivity index (χ4v) is 3.57. The summed E-state index contributed by atoms with van der Waals surface area (Å²) < 4.78 is 16.5. The highest BCUT2D eigenvalue weighted by Crippen LogP contribution is 2.39. The lowest BCUT2D eigenvalue weighted by Crippen LogP contribution is -1.96. The quantitative estimate of drug-likeness (QED) is 0.387. The van der Waals surface area contributed by atoms with Crippen molar-refractivity contribution in [1.29, 1.82) is 0 Å². The molecule has 162 valence electrons. The van der Waals surface area contributed by atoms with Crippen LogP contribution in [0.3, 0.4) is 0 Å². The van der Waals surface area contributed by atoms with Crippen LogP contribution in [0.4, 0.5) is 0 Å². The van der Waals surface area contributed by atoms with Gasteiger partial charge in [0.25, 0.3) is 0 Å². The molecule has 0 fully saturated rings. The van der Waals surface area contributed by atoms with Gasteiger partial charge in [0.15, 0.2) is 11.5 Å². The Kier molecular flexibility index (Phi) is 6.42. The highest BCUT2D eigenvalue weighted by molar-refractivity contribution is 6.30. The van der Waals surface area contributed by atoms with Crippen molar-refractivity contribution in [3.8, 4) is 45.4 Å². The monoisotopic (exact) mass is 448 g/mol. The molecule has 6 nitrogen and oxygen atoms in total. The van der Waals surface area contributed by atoms with E-state index < -0.39 is 0 Å². The fourth-order valence-electron chi connectivity index (χ4n) is 3.35. The Bertz CT molecular complexity index is 1250. The molecule has 0 radical (unpaired) electrons. The standard InChI is InChI=1S/C25H21ClN2O4/c1-30-23-9-6-17(11-24(23)31-2)21-13-27-15-28-25(21)20-8-7-19(12-22(20)29)32-14-16-4-3-5-18(26)10-16/h3-13,15,29H,14H2,1-2H3. The topological polar surface area (TPSA) is 73.7 Å². The van der Waals surface area contributed by atoms with E-state index in [1.807, 2.05) is 42.5 Å². The summed E-state index contributed by atoms with van der Waals surface area (Å²) in [5.74, 6) is 1.80. The molecule has 0 aliphatic carbocycles. The number of halogens is 1. The van der Waals surface area contributed by atoms with Gasteiger partial charge < -0.3 is 19.3 Å². The minimum Gasteiger partial charge on any atom is -0.507 e. The number of aromatic hydroxyl groups is 1. The lowest BCUT2D eigenvalue weighted by molar-refractivity contribution is 0.304. The van der Waals surface area contributed by atoms with Crippen LogP contribution < -0.4 is 14.2 Å². The summed E-state index contributed by atoms with van der Waals surface area (Å²) in [6.45, 7) is 0.337. The molecule has 0 bridgehead atoms. The second-order valence-corrected chi connectivity index (χ2v) is 7.39. The van der Waals surface area contributed by atoms with Crippen molar-refractivity contribution in [2.24, 2.45) is 0 Å². The summed E-state index contributed by atoms with van der Waals surface area (Å²) in [4.78, 5) is 8.58. The van der Waals surface area contributed by atoms with Crippen LogP contribution in [0, 0.1) is 0 Å². The molecule has 3 aromatic carbocycles. The van der Waals surface area contributed by atoms with Crippen LogP contribution in [-0.4, -0.2) is 29.3 Å². The van der Waals surface area contributed by atoms with Crippen LogP contribution in [0.25, 0.3) is 22.4 Å². The van der Waals surface area contributed by atoms with Crippen LogP contribution in [0.15, 0.2) is 73.2 Å². The molecule has 0 aliphatic heterocycles. The van der Waals surface area contributed by atoms with Crippen molar-refractivity contribution >= 4 is 11.6 Å². The molecule has 0 unspecified atom stereocenters. The Morgan fingerprint density at radius 2 is 1.75 bits per heavy atom. The maximum atomic E-state index is 10.7. The molecule has 0 spiro atoms. The van der Waals surface area contributed by atoms with Crippen molar-refractivity contribution in [3.05, 3.63) is 83.8 Å². The maximum Gasteiger partial charge on any atom is 0.161 e. The lowest BCUT2D eigenvalue weighted by atomic mass is 9.99. The first-order chi connectivity index (χ1) is 15.6. The molecule has 0 atom stereocenters. The van der Waals surface area contributed by atoms with Crippen LogP contribution in [0.5, 0.6) is 23.0 Å². The van der Waals surface area contributed by atoms with Gasteiger partial charge in [0.1, 0.15) is 24.4 Å². The molecule has 32 heavy (non-hydrogen) atoms. The van der Waals surface area contributed by atoms with Gasteiger partial charge in [0.05, 0.1) is 19.9 Å². The van der Waals surface area contributed by atoms with Crippen molar-refractivity contribution in [2.75, 3.05) is 14.2 Å². The predicted octanol–water partition coefficient (Wildman–Crippen LogP) is 5.77. The van der Waals surface area contributed by atoms with Crippen molar-refractivity contribution < 1.29 is 19.3 Å². The highest BCUT2D eigenvalue weighted by Gasteiger charge is 2.15. The van der Waals surface area contributed by atoms with Gasteiger partial charge in [-0.1, -0.05) is 29.8 Å². The second kappa shape index (κ2) is 9.58. The third kappa shape index (κ3) is 4.60. The van der Waals surface area contributed by atoms with Gasteiger partial charge in [-0.25, -0.2) is 9.97 Å². The molecule has 1 heterocycles. The zero-order valence-electron chi connectivity index (χ0n) is 17.6. The van der Waals surface area contributed by atoms with Gasteiger partial charge in [0.2, 0.25) is 0 Å². The molecule has 0 aliphatic rings. The van der Waals surface area contributed by atoms with Gasteiger partial charge in [-0.2, -0.15) is 0 Å². The number of phenolic OH excluding ortho intramolecular Hbond substituents is 1. The van der Waals surface area contributed by atoms with E-state index in [0.717, 1.165) is 16.7 Å². The van der Waals surface area contributed by atoms with Gasteiger partial charge in [-0.05, 0) is 47.5 Å². The Hall–Kier alpha value is -3.77. The third-order valence-electron chi connectivity index (χ3n) is 4.93. The van der Waals surface area contributed by atoms with E-state index in [1.165, 1.54) is 6.33 Å². The van der Waals surface area contributed by atoms with Gasteiger partial charge >= 0.3 is 0 Å². The van der Waals surface area contributed by atoms with E-state index >= 15 is 0 Å². The van der Waals surface area contributed by atoms with Crippen LogP contribution in [0.1, 0.15) is 5.56 Å². The summed E-state index contributed by atoms with van der Waals surface area (Å²) >= 11 is 6.02. The Labute approximate surface area is 191 Å². The number of hydrogen-bond acceptors (Lipinski definition) is 6. The Morgan fingerprint density at radius 3 is 2.50 bits per heavy atom. The molecule has 0 amide bonds. The number of methoxy groups -OCH3 is 2. The normalized spacial score (nSPS) is 10.6. The van der Waals surface area contributed by atoms with Crippen molar-refractivity contribution in [3.63, 3.8) is 0 Å². The number of rotatable bonds is 7. The SMILES string of the molecule is COc1ccc(-c2cncnc2-c2ccc(OCc3cccc(Cl)c3)cc2O)cc1OC. The zero-order valence-corrected chi connectivity index (χ0v) is 18.3. The Morgan fingerprint density at radius 1 is 0.906 bits per heavy atom. The average Bonchev–Trinajstić information content (AvgIpc) is 2.82. The minimum absolute atomic E-state index is 0.0500. The second-order valence-electron chi connectivity index (χ2n) is 6.95. The molecule has 0 saturated heterocycles.